The minimum Gasteiger partial charge on any atom is -0.364 e. The first-order chi connectivity index (χ1) is 10.6. The molecular weight excluding hydrogens is 276 g/mol. The third kappa shape index (κ3) is 2.65. The number of fused-ring (bicyclic) bond motifs is 1. The predicted octanol–water partition coefficient (Wildman–Crippen LogP) is 3.66. The number of aryl methyl sites for hydroxylation is 3. The van der Waals surface area contributed by atoms with Crippen molar-refractivity contribution in [1.82, 2.24) is 10.5 Å². The maximum Gasteiger partial charge on any atom is 0.257 e. The van der Waals surface area contributed by atoms with Gasteiger partial charge in [0.25, 0.3) is 5.91 Å². The van der Waals surface area contributed by atoms with Gasteiger partial charge in [0.2, 0.25) is 0 Å². The Balaban J connectivity index is 1.87. The molecule has 1 heterocycles. The molecule has 1 amide bonds. The summed E-state index contributed by atoms with van der Waals surface area (Å²) in [5.74, 6) is -0.0879. The summed E-state index contributed by atoms with van der Waals surface area (Å²) in [6.07, 6.45) is 5.32. The average Bonchev–Trinajstić information content (AvgIpc) is 2.96. The standard InChI is InChI=1S/C18H22N2O2/c1-4-16-15(10-22-20-16)18(21)19-17-7-5-6-13-12(3)8-11(2)9-14(13)17/h8-10,17H,4-7H2,1-3H3,(H,19,21)/t17-/m1/s1. The predicted molar refractivity (Wildman–Crippen MR) is 84.9 cm³/mol. The van der Waals surface area contributed by atoms with E-state index in [1.807, 2.05) is 6.92 Å². The molecule has 0 fully saturated rings. The van der Waals surface area contributed by atoms with Crippen molar-refractivity contribution < 1.29 is 9.32 Å². The lowest BCUT2D eigenvalue weighted by Gasteiger charge is -2.28. The van der Waals surface area contributed by atoms with Crippen LogP contribution in [0.2, 0.25) is 0 Å². The molecule has 0 unspecified atom stereocenters. The number of benzene rings is 1. The van der Waals surface area contributed by atoms with E-state index in [-0.39, 0.29) is 11.9 Å². The molecule has 22 heavy (non-hydrogen) atoms. The topological polar surface area (TPSA) is 55.1 Å². The van der Waals surface area contributed by atoms with Gasteiger partial charge >= 0.3 is 0 Å². The summed E-state index contributed by atoms with van der Waals surface area (Å²) in [5.41, 5.74) is 6.51. The fourth-order valence-corrected chi connectivity index (χ4v) is 3.41. The molecule has 1 aliphatic carbocycles. The van der Waals surface area contributed by atoms with E-state index in [9.17, 15) is 4.79 Å². The summed E-state index contributed by atoms with van der Waals surface area (Å²) in [6.45, 7) is 6.23. The molecule has 1 aromatic carbocycles. The smallest absolute Gasteiger partial charge is 0.257 e. The SMILES string of the molecule is CCc1nocc1C(=O)N[C@@H]1CCCc2c(C)cc(C)cc21. The van der Waals surface area contributed by atoms with E-state index in [2.05, 4.69) is 36.5 Å². The van der Waals surface area contributed by atoms with Crippen molar-refractivity contribution in [2.24, 2.45) is 0 Å². The summed E-state index contributed by atoms with van der Waals surface area (Å²) >= 11 is 0. The average molecular weight is 298 g/mol. The van der Waals surface area contributed by atoms with Gasteiger partial charge in [-0.25, -0.2) is 0 Å². The Morgan fingerprint density at radius 3 is 3.00 bits per heavy atom. The molecule has 3 rings (SSSR count). The minimum absolute atomic E-state index is 0.0782. The van der Waals surface area contributed by atoms with Crippen molar-refractivity contribution >= 4 is 5.91 Å². The van der Waals surface area contributed by atoms with Gasteiger partial charge in [-0.2, -0.15) is 0 Å². The summed E-state index contributed by atoms with van der Waals surface area (Å²) in [4.78, 5) is 12.5. The van der Waals surface area contributed by atoms with Crippen LogP contribution in [0.1, 0.15) is 64.1 Å². The van der Waals surface area contributed by atoms with Gasteiger partial charge in [-0.15, -0.1) is 0 Å². The van der Waals surface area contributed by atoms with Gasteiger partial charge in [0.1, 0.15) is 11.8 Å². The number of amides is 1. The van der Waals surface area contributed by atoms with Crippen LogP contribution in [0.3, 0.4) is 0 Å². The van der Waals surface area contributed by atoms with E-state index in [0.717, 1.165) is 19.3 Å². The number of carbonyl (C=O) groups excluding carboxylic acids is 1. The van der Waals surface area contributed by atoms with Gasteiger partial charge in [-0.1, -0.05) is 29.8 Å². The largest absolute Gasteiger partial charge is 0.364 e. The Hall–Kier alpha value is -2.10. The van der Waals surface area contributed by atoms with E-state index in [4.69, 9.17) is 4.52 Å². The maximum absolute atomic E-state index is 12.5. The Morgan fingerprint density at radius 2 is 2.23 bits per heavy atom. The lowest BCUT2D eigenvalue weighted by Crippen LogP contribution is -2.31. The Labute approximate surface area is 130 Å². The fourth-order valence-electron chi connectivity index (χ4n) is 3.41. The van der Waals surface area contributed by atoms with Gasteiger partial charge < -0.3 is 9.84 Å². The lowest BCUT2D eigenvalue weighted by atomic mass is 9.84. The van der Waals surface area contributed by atoms with Crippen LogP contribution in [0.25, 0.3) is 0 Å². The Kier molecular flexibility index (Phi) is 4.01. The highest BCUT2D eigenvalue weighted by molar-refractivity contribution is 5.95. The summed E-state index contributed by atoms with van der Waals surface area (Å²) in [5, 5.41) is 7.05. The molecule has 1 aliphatic rings. The summed E-state index contributed by atoms with van der Waals surface area (Å²) < 4.78 is 4.94. The molecule has 0 saturated heterocycles. The first-order valence-corrected chi connectivity index (χ1v) is 7.94. The monoisotopic (exact) mass is 298 g/mol. The lowest BCUT2D eigenvalue weighted by molar-refractivity contribution is 0.0931. The minimum atomic E-state index is -0.0879. The van der Waals surface area contributed by atoms with Gasteiger partial charge in [0.05, 0.1) is 11.7 Å². The van der Waals surface area contributed by atoms with Crippen LogP contribution in [0.4, 0.5) is 0 Å². The van der Waals surface area contributed by atoms with E-state index < -0.39 is 0 Å². The zero-order valence-electron chi connectivity index (χ0n) is 13.4. The van der Waals surface area contributed by atoms with Crippen molar-refractivity contribution in [3.63, 3.8) is 0 Å². The molecule has 1 aromatic heterocycles. The molecule has 4 nitrogen and oxygen atoms in total. The highest BCUT2D eigenvalue weighted by Gasteiger charge is 2.25. The number of rotatable bonds is 3. The second-order valence-electron chi connectivity index (χ2n) is 6.10. The molecule has 1 atom stereocenters. The number of carbonyl (C=O) groups is 1. The molecule has 4 heteroatoms. The van der Waals surface area contributed by atoms with Gasteiger partial charge in [0.15, 0.2) is 0 Å². The number of nitrogens with zero attached hydrogens (tertiary/aromatic N) is 1. The second-order valence-corrected chi connectivity index (χ2v) is 6.10. The second kappa shape index (κ2) is 5.95. The van der Waals surface area contributed by atoms with Crippen LogP contribution < -0.4 is 5.32 Å². The van der Waals surface area contributed by atoms with Crippen molar-refractivity contribution in [3.8, 4) is 0 Å². The molecule has 116 valence electrons. The number of nitrogens with one attached hydrogen (secondary N) is 1. The van der Waals surface area contributed by atoms with Crippen LogP contribution in [0.5, 0.6) is 0 Å². The molecule has 0 saturated carbocycles. The number of aromatic nitrogens is 1. The van der Waals surface area contributed by atoms with E-state index in [1.165, 1.54) is 28.5 Å². The van der Waals surface area contributed by atoms with Crippen LogP contribution in [0, 0.1) is 13.8 Å². The van der Waals surface area contributed by atoms with Crippen LogP contribution in [0.15, 0.2) is 22.9 Å². The third-order valence-electron chi connectivity index (χ3n) is 4.48. The highest BCUT2D eigenvalue weighted by atomic mass is 16.5. The first-order valence-electron chi connectivity index (χ1n) is 7.94. The highest BCUT2D eigenvalue weighted by Crippen LogP contribution is 2.33. The number of hydrogen-bond acceptors (Lipinski definition) is 3. The van der Waals surface area contributed by atoms with Crippen molar-refractivity contribution in [1.29, 1.82) is 0 Å². The fraction of sp³-hybridized carbons (Fsp3) is 0.444. The Morgan fingerprint density at radius 1 is 1.41 bits per heavy atom. The first kappa shape index (κ1) is 14.8. The normalized spacial score (nSPS) is 17.1. The molecular formula is C18H22N2O2. The van der Waals surface area contributed by atoms with E-state index in [0.29, 0.717) is 17.7 Å². The van der Waals surface area contributed by atoms with Gasteiger partial charge in [0, 0.05) is 0 Å². The quantitative estimate of drug-likeness (QED) is 0.940. The Bertz CT molecular complexity index is 703. The molecule has 0 radical (unpaired) electrons. The van der Waals surface area contributed by atoms with Crippen LogP contribution >= 0.6 is 0 Å². The zero-order chi connectivity index (χ0) is 15.7. The summed E-state index contributed by atoms with van der Waals surface area (Å²) in [7, 11) is 0. The van der Waals surface area contributed by atoms with Crippen molar-refractivity contribution in [2.75, 3.05) is 0 Å². The van der Waals surface area contributed by atoms with Crippen LogP contribution in [-0.4, -0.2) is 11.1 Å². The molecule has 2 aromatic rings. The molecule has 0 bridgehead atoms. The molecule has 0 aliphatic heterocycles. The summed E-state index contributed by atoms with van der Waals surface area (Å²) in [6, 6.07) is 4.51. The van der Waals surface area contributed by atoms with E-state index >= 15 is 0 Å². The van der Waals surface area contributed by atoms with Gasteiger partial charge in [-0.05, 0) is 56.2 Å². The third-order valence-corrected chi connectivity index (χ3v) is 4.48. The van der Waals surface area contributed by atoms with E-state index in [1.54, 1.807) is 0 Å². The number of hydrogen-bond donors (Lipinski definition) is 1. The molecule has 0 spiro atoms. The molecule has 1 N–H and O–H groups in total. The zero-order valence-corrected chi connectivity index (χ0v) is 13.4. The van der Waals surface area contributed by atoms with Crippen molar-refractivity contribution in [3.05, 3.63) is 51.9 Å². The van der Waals surface area contributed by atoms with Crippen LogP contribution in [-0.2, 0) is 12.8 Å². The van der Waals surface area contributed by atoms with Gasteiger partial charge in [-0.3, -0.25) is 4.79 Å². The maximum atomic E-state index is 12.5. The van der Waals surface area contributed by atoms with Crippen molar-refractivity contribution in [2.45, 2.75) is 52.5 Å².